The van der Waals surface area contributed by atoms with E-state index >= 15 is 0 Å². The third-order valence-electron chi connectivity index (χ3n) is 3.85. The van der Waals surface area contributed by atoms with Crippen molar-refractivity contribution in [2.24, 2.45) is 0 Å². The highest BCUT2D eigenvalue weighted by Gasteiger charge is 2.37. The van der Waals surface area contributed by atoms with E-state index in [2.05, 4.69) is 5.32 Å². The van der Waals surface area contributed by atoms with E-state index in [0.29, 0.717) is 27.2 Å². The normalized spacial score (nSPS) is 15.9. The Morgan fingerprint density at radius 1 is 1.10 bits per heavy atom. The van der Waals surface area contributed by atoms with Gasteiger partial charge in [0.1, 0.15) is 6.54 Å². The zero-order valence-corrected chi connectivity index (χ0v) is 16.1. The molecule has 1 fully saturated rings. The second-order valence-corrected chi connectivity index (χ2v) is 7.34. The number of alkyl halides is 3. The Balaban J connectivity index is 1.72. The average Bonchev–Trinajstić information content (AvgIpc) is 2.90. The number of nitrogens with zero attached hydrogens (tertiary/aromatic N) is 1. The van der Waals surface area contributed by atoms with Crippen molar-refractivity contribution < 1.29 is 27.6 Å². The predicted octanol–water partition coefficient (Wildman–Crippen LogP) is 5.03. The lowest BCUT2D eigenvalue weighted by molar-refractivity contribution is -0.137. The summed E-state index contributed by atoms with van der Waals surface area (Å²) in [5.41, 5.74) is -0.845. The van der Waals surface area contributed by atoms with Crippen molar-refractivity contribution in [3.63, 3.8) is 0 Å². The molecule has 150 valence electrons. The maximum atomic E-state index is 13.0. The molecule has 3 amide bonds. The van der Waals surface area contributed by atoms with Gasteiger partial charge in [0.2, 0.25) is 5.91 Å². The summed E-state index contributed by atoms with van der Waals surface area (Å²) in [6, 6.07) is 11.0. The van der Waals surface area contributed by atoms with E-state index in [-0.39, 0.29) is 4.91 Å². The highest BCUT2D eigenvalue weighted by molar-refractivity contribution is 8.18. The van der Waals surface area contributed by atoms with Crippen LogP contribution in [-0.4, -0.2) is 28.5 Å². The molecule has 1 aliphatic heterocycles. The van der Waals surface area contributed by atoms with E-state index in [1.54, 1.807) is 24.3 Å². The summed E-state index contributed by atoms with van der Waals surface area (Å²) < 4.78 is 39.1. The summed E-state index contributed by atoms with van der Waals surface area (Å²) in [6.07, 6.45) is -3.19. The summed E-state index contributed by atoms with van der Waals surface area (Å²) in [6.45, 7) is -0.700. The van der Waals surface area contributed by atoms with Gasteiger partial charge in [0, 0.05) is 5.02 Å². The number of para-hydroxylation sites is 1. The van der Waals surface area contributed by atoms with Crippen LogP contribution in [0.25, 0.3) is 6.08 Å². The number of carbonyl (C=O) groups excluding carboxylic acids is 3. The van der Waals surface area contributed by atoms with Crippen molar-refractivity contribution in [1.82, 2.24) is 4.90 Å². The minimum absolute atomic E-state index is 0.0980. The van der Waals surface area contributed by atoms with Crippen LogP contribution in [0.5, 0.6) is 0 Å². The SMILES string of the molecule is O=C(CN1C(=O)S/C(=C\c2ccc(Cl)cc2)C1=O)Nc1ccccc1C(F)(F)F. The summed E-state index contributed by atoms with van der Waals surface area (Å²) >= 11 is 6.44. The number of halogens is 4. The van der Waals surface area contributed by atoms with Crippen molar-refractivity contribution >= 4 is 52.2 Å². The van der Waals surface area contributed by atoms with Crippen LogP contribution < -0.4 is 5.32 Å². The van der Waals surface area contributed by atoms with Gasteiger partial charge in [-0.3, -0.25) is 19.3 Å². The Morgan fingerprint density at radius 2 is 1.76 bits per heavy atom. The van der Waals surface area contributed by atoms with Gasteiger partial charge in [-0.25, -0.2) is 0 Å². The van der Waals surface area contributed by atoms with Gasteiger partial charge >= 0.3 is 6.18 Å². The highest BCUT2D eigenvalue weighted by Crippen LogP contribution is 2.35. The molecular weight excluding hydrogens is 429 g/mol. The van der Waals surface area contributed by atoms with Gasteiger partial charge in [0.15, 0.2) is 0 Å². The molecular formula is C19H12ClF3N2O3S. The molecule has 0 unspecified atom stereocenters. The minimum Gasteiger partial charge on any atom is -0.324 e. The number of carbonyl (C=O) groups is 3. The first-order valence-corrected chi connectivity index (χ1v) is 9.31. The molecule has 0 bridgehead atoms. The lowest BCUT2D eigenvalue weighted by Crippen LogP contribution is -2.36. The van der Waals surface area contributed by atoms with E-state index in [9.17, 15) is 27.6 Å². The van der Waals surface area contributed by atoms with Gasteiger partial charge in [-0.15, -0.1) is 0 Å². The molecule has 0 aliphatic carbocycles. The van der Waals surface area contributed by atoms with Gasteiger partial charge in [-0.1, -0.05) is 35.9 Å². The number of thioether (sulfide) groups is 1. The molecule has 1 N–H and O–H groups in total. The van der Waals surface area contributed by atoms with Crippen molar-refractivity contribution in [3.8, 4) is 0 Å². The van der Waals surface area contributed by atoms with Crippen molar-refractivity contribution in [2.45, 2.75) is 6.18 Å². The van der Waals surface area contributed by atoms with E-state index in [4.69, 9.17) is 11.6 Å². The number of hydrogen-bond donors (Lipinski definition) is 1. The summed E-state index contributed by atoms with van der Waals surface area (Å²) in [7, 11) is 0. The topological polar surface area (TPSA) is 66.5 Å². The molecule has 0 aromatic heterocycles. The maximum absolute atomic E-state index is 13.0. The monoisotopic (exact) mass is 440 g/mol. The van der Waals surface area contributed by atoms with E-state index in [0.717, 1.165) is 12.1 Å². The molecule has 1 heterocycles. The molecule has 29 heavy (non-hydrogen) atoms. The zero-order valence-electron chi connectivity index (χ0n) is 14.5. The zero-order chi connectivity index (χ0) is 21.2. The fourth-order valence-corrected chi connectivity index (χ4v) is 3.48. The number of anilines is 1. The van der Waals surface area contributed by atoms with Crippen LogP contribution in [0.15, 0.2) is 53.4 Å². The number of hydrogen-bond acceptors (Lipinski definition) is 4. The van der Waals surface area contributed by atoms with Crippen molar-refractivity contribution in [2.75, 3.05) is 11.9 Å². The fourth-order valence-electron chi connectivity index (χ4n) is 2.52. The lowest BCUT2D eigenvalue weighted by atomic mass is 10.1. The third kappa shape index (κ3) is 4.99. The van der Waals surface area contributed by atoms with Gasteiger partial charge in [0.25, 0.3) is 11.1 Å². The molecule has 10 heteroatoms. The summed E-state index contributed by atoms with van der Waals surface area (Å²) in [4.78, 5) is 37.5. The molecule has 0 spiro atoms. The molecule has 2 aromatic rings. The molecule has 0 radical (unpaired) electrons. The highest BCUT2D eigenvalue weighted by atomic mass is 35.5. The van der Waals surface area contributed by atoms with Crippen LogP contribution in [0.4, 0.5) is 23.7 Å². The Bertz CT molecular complexity index is 1010. The standard InChI is InChI=1S/C19H12ClF3N2O3S/c20-12-7-5-11(6-8-12)9-15-17(27)25(18(28)29-15)10-16(26)24-14-4-2-1-3-13(14)19(21,22)23/h1-9H,10H2,(H,24,26)/b15-9-. The Labute approximate surface area is 172 Å². The van der Waals surface area contributed by atoms with Crippen molar-refractivity contribution in [3.05, 3.63) is 69.6 Å². The van der Waals surface area contributed by atoms with Crippen molar-refractivity contribution in [1.29, 1.82) is 0 Å². The quantitative estimate of drug-likeness (QED) is 0.677. The average molecular weight is 441 g/mol. The van der Waals surface area contributed by atoms with Crippen LogP contribution in [0.3, 0.4) is 0 Å². The molecule has 2 aromatic carbocycles. The number of benzene rings is 2. The molecule has 0 saturated carbocycles. The molecule has 1 aliphatic rings. The second-order valence-electron chi connectivity index (χ2n) is 5.91. The lowest BCUT2D eigenvalue weighted by Gasteiger charge is -2.15. The number of nitrogens with one attached hydrogen (secondary N) is 1. The summed E-state index contributed by atoms with van der Waals surface area (Å²) in [5.74, 6) is -1.62. The minimum atomic E-state index is -4.66. The van der Waals surface area contributed by atoms with Crippen LogP contribution in [0, 0.1) is 0 Å². The largest absolute Gasteiger partial charge is 0.418 e. The first-order chi connectivity index (χ1) is 13.6. The number of rotatable bonds is 4. The van der Waals surface area contributed by atoms with Gasteiger partial charge in [-0.05, 0) is 47.7 Å². The van der Waals surface area contributed by atoms with Crippen LogP contribution in [0.1, 0.15) is 11.1 Å². The van der Waals surface area contributed by atoms with Gasteiger partial charge < -0.3 is 5.32 Å². The number of amides is 3. The van der Waals surface area contributed by atoms with E-state index in [1.807, 2.05) is 0 Å². The second kappa shape index (κ2) is 8.30. The number of imide groups is 1. The molecule has 1 saturated heterocycles. The third-order valence-corrected chi connectivity index (χ3v) is 5.01. The molecule has 3 rings (SSSR count). The van der Waals surface area contributed by atoms with Crippen LogP contribution in [-0.2, 0) is 15.8 Å². The Morgan fingerprint density at radius 3 is 2.41 bits per heavy atom. The molecule has 5 nitrogen and oxygen atoms in total. The fraction of sp³-hybridized carbons (Fsp3) is 0.105. The van der Waals surface area contributed by atoms with Crippen LogP contribution >= 0.6 is 23.4 Å². The smallest absolute Gasteiger partial charge is 0.324 e. The molecule has 0 atom stereocenters. The Hall–Kier alpha value is -2.78. The van der Waals surface area contributed by atoms with Gasteiger partial charge in [-0.2, -0.15) is 13.2 Å². The Kier molecular flexibility index (Phi) is 5.99. The van der Waals surface area contributed by atoms with E-state index < -0.39 is 41.0 Å². The summed E-state index contributed by atoms with van der Waals surface area (Å²) in [5, 5.41) is 1.93. The van der Waals surface area contributed by atoms with E-state index in [1.165, 1.54) is 18.2 Å². The first-order valence-electron chi connectivity index (χ1n) is 8.12. The van der Waals surface area contributed by atoms with Gasteiger partial charge in [0.05, 0.1) is 16.2 Å². The van der Waals surface area contributed by atoms with Crippen LogP contribution in [0.2, 0.25) is 5.02 Å². The predicted molar refractivity (Wildman–Crippen MR) is 104 cm³/mol. The maximum Gasteiger partial charge on any atom is 0.418 e. The first kappa shape index (κ1) is 20.9.